The average molecular weight is 472 g/mol. The highest BCUT2D eigenvalue weighted by atomic mass is 16.6. The average Bonchev–Trinajstić information content (AvgIpc) is 3.24. The van der Waals surface area contributed by atoms with Crippen molar-refractivity contribution in [3.63, 3.8) is 0 Å². The van der Waals surface area contributed by atoms with E-state index < -0.39 is 11.9 Å². The van der Waals surface area contributed by atoms with Gasteiger partial charge in [-0.25, -0.2) is 14.6 Å². The van der Waals surface area contributed by atoms with Crippen LogP contribution in [0.1, 0.15) is 25.0 Å². The minimum absolute atomic E-state index is 0.176. The van der Waals surface area contributed by atoms with E-state index in [1.165, 1.54) is 0 Å². The summed E-state index contributed by atoms with van der Waals surface area (Å²) in [5.74, 6) is 0.0958. The predicted octanol–water partition coefficient (Wildman–Crippen LogP) is 5.04. The second-order valence-electron chi connectivity index (χ2n) is 7.51. The lowest BCUT2D eigenvalue weighted by Crippen LogP contribution is -2.15. The van der Waals surface area contributed by atoms with E-state index in [2.05, 4.69) is 4.99 Å². The van der Waals surface area contributed by atoms with Gasteiger partial charge in [-0.3, -0.25) is 0 Å². The van der Waals surface area contributed by atoms with Gasteiger partial charge >= 0.3 is 11.9 Å². The molecule has 7 nitrogen and oxygen atoms in total. The molecule has 35 heavy (non-hydrogen) atoms. The number of nitrogens with zero attached hydrogens (tertiary/aromatic N) is 1. The highest BCUT2D eigenvalue weighted by molar-refractivity contribution is 6.13. The first-order valence-corrected chi connectivity index (χ1v) is 11.3. The zero-order valence-corrected chi connectivity index (χ0v) is 19.5. The molecule has 0 atom stereocenters. The van der Waals surface area contributed by atoms with Gasteiger partial charge in [-0.05, 0) is 60.9 Å². The molecule has 1 heterocycles. The molecular weight excluding hydrogens is 446 g/mol. The summed E-state index contributed by atoms with van der Waals surface area (Å²) in [5, 5.41) is 0. The van der Waals surface area contributed by atoms with Crippen molar-refractivity contribution in [1.29, 1.82) is 0 Å². The van der Waals surface area contributed by atoms with Crippen LogP contribution in [0, 0.1) is 0 Å². The Labute approximate surface area is 203 Å². The summed E-state index contributed by atoms with van der Waals surface area (Å²) >= 11 is 0. The van der Waals surface area contributed by atoms with Crippen molar-refractivity contribution in [2.75, 3.05) is 19.8 Å². The molecule has 0 bridgehead atoms. The second kappa shape index (κ2) is 11.2. The third-order valence-corrected chi connectivity index (χ3v) is 5.08. The molecule has 7 heteroatoms. The molecular formula is C28H25NO6. The van der Waals surface area contributed by atoms with Gasteiger partial charge < -0.3 is 18.9 Å². The summed E-state index contributed by atoms with van der Waals surface area (Å²) in [6.07, 6.45) is 1.62. The Hall–Kier alpha value is -4.39. The Kier molecular flexibility index (Phi) is 7.57. The van der Waals surface area contributed by atoms with E-state index in [9.17, 15) is 9.59 Å². The molecule has 0 amide bonds. The Balaban J connectivity index is 1.52. The molecule has 0 spiro atoms. The van der Waals surface area contributed by atoms with E-state index in [1.807, 2.05) is 61.5 Å². The Bertz CT molecular complexity index is 1260. The van der Waals surface area contributed by atoms with Gasteiger partial charge in [0.05, 0.1) is 13.2 Å². The molecule has 4 rings (SSSR count). The maximum Gasteiger partial charge on any atom is 0.363 e. The number of esters is 2. The molecule has 3 aromatic carbocycles. The van der Waals surface area contributed by atoms with Crippen molar-refractivity contribution in [2.24, 2.45) is 4.99 Å². The SMILES string of the molecule is CCOC(=O)COc1ccc(/C=C2\N=C(c3ccc(-c4ccccc4)cc3)OC2=O)cc1OCC. The maximum atomic E-state index is 12.5. The molecule has 3 aromatic rings. The number of rotatable bonds is 9. The summed E-state index contributed by atoms with van der Waals surface area (Å²) < 4.78 is 21.5. The van der Waals surface area contributed by atoms with Crippen molar-refractivity contribution in [3.8, 4) is 22.6 Å². The number of hydrogen-bond acceptors (Lipinski definition) is 7. The summed E-state index contributed by atoms with van der Waals surface area (Å²) in [4.78, 5) is 28.4. The number of carbonyl (C=O) groups is 2. The van der Waals surface area contributed by atoms with Gasteiger partial charge in [-0.2, -0.15) is 0 Å². The first kappa shape index (κ1) is 23.8. The summed E-state index contributed by atoms with van der Waals surface area (Å²) in [5.41, 5.74) is 3.72. The number of carbonyl (C=O) groups excluding carboxylic acids is 2. The van der Waals surface area contributed by atoms with E-state index in [1.54, 1.807) is 31.2 Å². The zero-order chi connectivity index (χ0) is 24.6. The number of cyclic esters (lactones) is 1. The molecule has 0 fully saturated rings. The molecule has 0 aliphatic carbocycles. The van der Waals surface area contributed by atoms with Crippen LogP contribution in [0.2, 0.25) is 0 Å². The summed E-state index contributed by atoms with van der Waals surface area (Å²) in [6, 6.07) is 22.8. The fourth-order valence-corrected chi connectivity index (χ4v) is 3.47. The van der Waals surface area contributed by atoms with Crippen LogP contribution in [-0.4, -0.2) is 37.7 Å². The molecule has 0 radical (unpaired) electrons. The largest absolute Gasteiger partial charge is 0.490 e. The zero-order valence-electron chi connectivity index (χ0n) is 19.5. The quantitative estimate of drug-likeness (QED) is 0.321. The Morgan fingerprint density at radius 2 is 1.57 bits per heavy atom. The predicted molar refractivity (Wildman–Crippen MR) is 132 cm³/mol. The van der Waals surface area contributed by atoms with Crippen molar-refractivity contribution in [3.05, 3.63) is 89.6 Å². The summed E-state index contributed by atoms with van der Waals surface area (Å²) in [7, 11) is 0. The van der Waals surface area contributed by atoms with Crippen molar-refractivity contribution in [1.82, 2.24) is 0 Å². The van der Waals surface area contributed by atoms with Gasteiger partial charge in [0.1, 0.15) is 0 Å². The van der Waals surface area contributed by atoms with Gasteiger partial charge in [-0.1, -0.05) is 48.5 Å². The molecule has 1 aliphatic rings. The van der Waals surface area contributed by atoms with Gasteiger partial charge in [0.15, 0.2) is 23.8 Å². The van der Waals surface area contributed by atoms with Crippen LogP contribution < -0.4 is 9.47 Å². The van der Waals surface area contributed by atoms with Crippen LogP contribution >= 0.6 is 0 Å². The van der Waals surface area contributed by atoms with Crippen molar-refractivity contribution in [2.45, 2.75) is 13.8 Å². The van der Waals surface area contributed by atoms with Crippen molar-refractivity contribution < 1.29 is 28.5 Å². The first-order valence-electron chi connectivity index (χ1n) is 11.3. The molecule has 0 saturated carbocycles. The van der Waals surface area contributed by atoms with Crippen LogP contribution in [0.5, 0.6) is 11.5 Å². The minimum atomic E-state index is -0.535. The van der Waals surface area contributed by atoms with Crippen LogP contribution in [-0.2, 0) is 19.1 Å². The van der Waals surface area contributed by atoms with Gasteiger partial charge in [0.2, 0.25) is 5.90 Å². The molecule has 178 valence electrons. The van der Waals surface area contributed by atoms with Gasteiger partial charge in [0, 0.05) is 5.56 Å². The van der Waals surface area contributed by atoms with E-state index >= 15 is 0 Å². The highest BCUT2D eigenvalue weighted by Gasteiger charge is 2.24. The second-order valence-corrected chi connectivity index (χ2v) is 7.51. The van der Waals surface area contributed by atoms with E-state index in [0.717, 1.165) is 11.1 Å². The van der Waals surface area contributed by atoms with E-state index in [0.29, 0.717) is 29.2 Å². The molecule has 0 unspecified atom stereocenters. The fraction of sp³-hybridized carbons (Fsp3) is 0.179. The fourth-order valence-electron chi connectivity index (χ4n) is 3.47. The Morgan fingerprint density at radius 3 is 2.29 bits per heavy atom. The Morgan fingerprint density at radius 1 is 0.857 bits per heavy atom. The van der Waals surface area contributed by atoms with Crippen LogP contribution in [0.3, 0.4) is 0 Å². The number of ether oxygens (including phenoxy) is 4. The molecule has 0 saturated heterocycles. The molecule has 1 aliphatic heterocycles. The number of hydrogen-bond donors (Lipinski definition) is 0. The topological polar surface area (TPSA) is 83.4 Å². The maximum absolute atomic E-state index is 12.5. The normalized spacial score (nSPS) is 13.8. The third kappa shape index (κ3) is 5.95. The van der Waals surface area contributed by atoms with Gasteiger partial charge in [-0.15, -0.1) is 0 Å². The first-order chi connectivity index (χ1) is 17.1. The molecule has 0 aromatic heterocycles. The lowest BCUT2D eigenvalue weighted by atomic mass is 10.0. The van der Waals surface area contributed by atoms with Crippen LogP contribution in [0.25, 0.3) is 17.2 Å². The number of aliphatic imine (C=N–C) groups is 1. The van der Waals surface area contributed by atoms with Crippen LogP contribution in [0.4, 0.5) is 0 Å². The highest BCUT2D eigenvalue weighted by Crippen LogP contribution is 2.30. The third-order valence-electron chi connectivity index (χ3n) is 5.08. The molecule has 0 N–H and O–H groups in total. The minimum Gasteiger partial charge on any atom is -0.490 e. The monoisotopic (exact) mass is 471 g/mol. The number of benzene rings is 3. The lowest BCUT2D eigenvalue weighted by molar-refractivity contribution is -0.145. The van der Waals surface area contributed by atoms with E-state index in [-0.39, 0.29) is 24.8 Å². The van der Waals surface area contributed by atoms with Crippen molar-refractivity contribution >= 4 is 23.9 Å². The lowest BCUT2D eigenvalue weighted by Gasteiger charge is -2.12. The van der Waals surface area contributed by atoms with Crippen LogP contribution in [0.15, 0.2) is 83.5 Å². The van der Waals surface area contributed by atoms with Gasteiger partial charge in [0.25, 0.3) is 0 Å². The standard InChI is InChI=1S/C28H25NO6/c1-3-32-25-17-19(10-15-24(25)34-18-26(30)33-4-2)16-23-28(31)35-27(29-23)22-13-11-21(12-14-22)20-8-6-5-7-9-20/h5-17H,3-4,18H2,1-2H3/b23-16-. The van der Waals surface area contributed by atoms with E-state index in [4.69, 9.17) is 18.9 Å². The smallest absolute Gasteiger partial charge is 0.363 e. The summed E-state index contributed by atoms with van der Waals surface area (Å²) in [6.45, 7) is 4.03.